The third-order valence-electron chi connectivity index (χ3n) is 4.67. The number of aromatic amines is 1. The average molecular weight is 410 g/mol. The zero-order chi connectivity index (χ0) is 20.6. The first-order chi connectivity index (χ1) is 13.9. The summed E-state index contributed by atoms with van der Waals surface area (Å²) in [6.07, 6.45) is 1.74. The highest BCUT2D eigenvalue weighted by Gasteiger charge is 2.42. The summed E-state index contributed by atoms with van der Waals surface area (Å²) in [4.78, 5) is 30.0. The van der Waals surface area contributed by atoms with Crippen molar-refractivity contribution in [2.45, 2.75) is 12.0 Å². The number of likely N-dealkylation sites (tertiary alicyclic amines) is 1. The van der Waals surface area contributed by atoms with E-state index in [2.05, 4.69) is 32.3 Å². The average Bonchev–Trinajstić information content (AvgIpc) is 3.23. The second-order valence-electron chi connectivity index (χ2n) is 6.75. The van der Waals surface area contributed by atoms with E-state index in [1.54, 1.807) is 37.4 Å². The highest BCUT2D eigenvalue weighted by molar-refractivity contribution is 6.30. The van der Waals surface area contributed by atoms with Crippen LogP contribution < -0.4 is 5.32 Å². The third-order valence-corrected chi connectivity index (χ3v) is 4.88. The Labute approximate surface area is 170 Å². The van der Waals surface area contributed by atoms with Gasteiger partial charge in [0.2, 0.25) is 5.60 Å². The van der Waals surface area contributed by atoms with Crippen LogP contribution in [0, 0.1) is 11.8 Å². The number of pyridine rings is 1. The van der Waals surface area contributed by atoms with E-state index in [-0.39, 0.29) is 12.1 Å². The van der Waals surface area contributed by atoms with Gasteiger partial charge in [0, 0.05) is 43.5 Å². The van der Waals surface area contributed by atoms with Gasteiger partial charge in [0.15, 0.2) is 5.69 Å². The Bertz CT molecular complexity index is 1200. The minimum Gasteiger partial charge on any atom is -0.369 e. The molecule has 0 bridgehead atoms. The van der Waals surface area contributed by atoms with Gasteiger partial charge in [-0.15, -0.1) is 0 Å². The smallest absolute Gasteiger partial charge is 0.276 e. The number of H-pyrrole nitrogens is 1. The molecule has 8 nitrogen and oxygen atoms in total. The van der Waals surface area contributed by atoms with Crippen molar-refractivity contribution in [3.63, 3.8) is 0 Å². The monoisotopic (exact) mass is 409 g/mol. The van der Waals surface area contributed by atoms with E-state index in [0.29, 0.717) is 33.9 Å². The summed E-state index contributed by atoms with van der Waals surface area (Å²) in [6, 6.07) is 8.39. The molecule has 1 aromatic carbocycles. The molecular weight excluding hydrogens is 394 g/mol. The number of fused-ring (bicyclic) bond motifs is 1. The lowest BCUT2D eigenvalue weighted by molar-refractivity contribution is -0.137. The molecule has 0 saturated carbocycles. The van der Waals surface area contributed by atoms with Crippen LogP contribution in [0.15, 0.2) is 36.5 Å². The Hall–Kier alpha value is -3.41. The lowest BCUT2D eigenvalue weighted by Gasteiger charge is -2.13. The molecule has 29 heavy (non-hydrogen) atoms. The number of carbonyl (C=O) groups is 2. The molecule has 146 valence electrons. The maximum Gasteiger partial charge on any atom is 0.276 e. The van der Waals surface area contributed by atoms with E-state index in [4.69, 9.17) is 11.6 Å². The number of anilines is 1. The van der Waals surface area contributed by atoms with Crippen LogP contribution in [0.2, 0.25) is 5.15 Å². The Balaban J connectivity index is 1.54. The highest BCUT2D eigenvalue weighted by atomic mass is 35.5. The van der Waals surface area contributed by atoms with Crippen molar-refractivity contribution >= 4 is 40.0 Å². The summed E-state index contributed by atoms with van der Waals surface area (Å²) in [7, 11) is 1.63. The maximum atomic E-state index is 12.6. The van der Waals surface area contributed by atoms with Crippen molar-refractivity contribution in [2.24, 2.45) is 0 Å². The molecule has 1 aliphatic heterocycles. The van der Waals surface area contributed by atoms with E-state index < -0.39 is 17.4 Å². The summed E-state index contributed by atoms with van der Waals surface area (Å²) in [5.41, 5.74) is 0.181. The second-order valence-corrected chi connectivity index (χ2v) is 7.13. The molecule has 2 aromatic heterocycles. The highest BCUT2D eigenvalue weighted by Crippen LogP contribution is 2.22. The van der Waals surface area contributed by atoms with Gasteiger partial charge in [-0.05, 0) is 18.2 Å². The third kappa shape index (κ3) is 3.66. The van der Waals surface area contributed by atoms with Crippen LogP contribution in [0.5, 0.6) is 0 Å². The Morgan fingerprint density at radius 1 is 1.41 bits per heavy atom. The predicted molar refractivity (Wildman–Crippen MR) is 107 cm³/mol. The number of benzene rings is 1. The lowest BCUT2D eigenvalue weighted by Crippen LogP contribution is -2.37. The normalized spacial score (nSPS) is 18.6. The number of amides is 2. The molecule has 3 heterocycles. The van der Waals surface area contributed by atoms with Crippen LogP contribution in [-0.4, -0.2) is 56.2 Å². The fraction of sp³-hybridized carbons (Fsp3) is 0.200. The van der Waals surface area contributed by atoms with E-state index in [9.17, 15) is 14.7 Å². The van der Waals surface area contributed by atoms with Crippen LogP contribution in [0.4, 0.5) is 5.69 Å². The van der Waals surface area contributed by atoms with Crippen LogP contribution in [0.25, 0.3) is 10.9 Å². The minimum atomic E-state index is -1.67. The predicted octanol–water partition coefficient (Wildman–Crippen LogP) is 1.81. The molecule has 0 aliphatic carbocycles. The van der Waals surface area contributed by atoms with Crippen LogP contribution in [0.1, 0.15) is 22.5 Å². The minimum absolute atomic E-state index is 0.189. The van der Waals surface area contributed by atoms with Gasteiger partial charge in [-0.25, -0.2) is 4.98 Å². The van der Waals surface area contributed by atoms with Gasteiger partial charge in [0.1, 0.15) is 5.15 Å². The topological polar surface area (TPSA) is 111 Å². The van der Waals surface area contributed by atoms with Gasteiger partial charge in [-0.1, -0.05) is 29.5 Å². The number of nitrogens with one attached hydrogen (secondary N) is 2. The molecule has 0 radical (unpaired) electrons. The number of hydrogen-bond acceptors (Lipinski definition) is 5. The fourth-order valence-electron chi connectivity index (χ4n) is 3.07. The van der Waals surface area contributed by atoms with E-state index in [1.807, 2.05) is 0 Å². The first-order valence-electron chi connectivity index (χ1n) is 8.78. The number of likely N-dealkylation sites (N-methyl/N-ethyl adjacent to an activating group) is 1. The van der Waals surface area contributed by atoms with Crippen LogP contribution in [0.3, 0.4) is 0 Å². The number of nitrogens with zero attached hydrogens (tertiary/aromatic N) is 3. The van der Waals surface area contributed by atoms with Gasteiger partial charge >= 0.3 is 0 Å². The molecule has 0 unspecified atom stereocenters. The fourth-order valence-corrected chi connectivity index (χ4v) is 3.23. The zero-order valence-electron chi connectivity index (χ0n) is 15.4. The number of aromatic nitrogens is 3. The number of rotatable bonds is 2. The maximum absolute atomic E-state index is 12.6. The van der Waals surface area contributed by atoms with E-state index in [1.165, 1.54) is 11.1 Å². The number of carbonyl (C=O) groups excluding carboxylic acids is 2. The van der Waals surface area contributed by atoms with Crippen molar-refractivity contribution < 1.29 is 14.7 Å². The van der Waals surface area contributed by atoms with Crippen LogP contribution in [-0.2, 0) is 4.79 Å². The van der Waals surface area contributed by atoms with Crippen molar-refractivity contribution in [1.82, 2.24) is 20.1 Å². The quantitative estimate of drug-likeness (QED) is 0.441. The van der Waals surface area contributed by atoms with Gasteiger partial charge in [0.25, 0.3) is 11.8 Å². The van der Waals surface area contributed by atoms with Gasteiger partial charge in [-0.2, -0.15) is 5.10 Å². The molecule has 4 rings (SSSR count). The van der Waals surface area contributed by atoms with Crippen molar-refractivity contribution in [1.29, 1.82) is 0 Å². The first kappa shape index (κ1) is 18.9. The molecular formula is C20H16ClN5O3. The van der Waals surface area contributed by atoms with E-state index >= 15 is 0 Å². The largest absolute Gasteiger partial charge is 0.369 e. The molecule has 0 spiro atoms. The molecule has 1 aliphatic rings. The molecule has 3 aromatic rings. The number of aliphatic hydroxyl groups is 1. The summed E-state index contributed by atoms with van der Waals surface area (Å²) >= 11 is 5.84. The standard InChI is InChI=1S/C20H16ClN5O3/c1-26-8-7-20(29,19(26)28)6-5-12-3-2-4-13(9-12)23-18(27)17-14-11-22-16(21)10-15(14)24-25-17/h2-4,9-11,29H,7-8H2,1H3,(H,23,27)(H,24,25)/t20-/m0/s1. The van der Waals surface area contributed by atoms with Crippen molar-refractivity contribution in [2.75, 3.05) is 18.9 Å². The summed E-state index contributed by atoms with van der Waals surface area (Å²) in [6.45, 7) is 0.456. The SMILES string of the molecule is CN1CC[C@@](O)(C#Cc2cccc(NC(=O)c3n[nH]c4cc(Cl)ncc34)c2)C1=O. The lowest BCUT2D eigenvalue weighted by atomic mass is 10.0. The molecule has 1 fully saturated rings. The van der Waals surface area contributed by atoms with Gasteiger partial charge < -0.3 is 15.3 Å². The van der Waals surface area contributed by atoms with Crippen molar-refractivity contribution in [3.05, 3.63) is 52.9 Å². The number of hydrogen-bond donors (Lipinski definition) is 3. The van der Waals surface area contributed by atoms with Crippen LogP contribution >= 0.6 is 11.6 Å². The molecule has 3 N–H and O–H groups in total. The summed E-state index contributed by atoms with van der Waals surface area (Å²) in [5.74, 6) is 4.64. The second kappa shape index (κ2) is 7.20. The molecule has 9 heteroatoms. The van der Waals surface area contributed by atoms with Crippen molar-refractivity contribution in [3.8, 4) is 11.8 Å². The Morgan fingerprint density at radius 2 is 2.24 bits per heavy atom. The molecule has 1 saturated heterocycles. The van der Waals surface area contributed by atoms with Gasteiger partial charge in [-0.3, -0.25) is 14.7 Å². The van der Waals surface area contributed by atoms with E-state index in [0.717, 1.165) is 0 Å². The Morgan fingerprint density at radius 3 is 3.00 bits per heavy atom. The zero-order valence-corrected chi connectivity index (χ0v) is 16.1. The Kier molecular flexibility index (Phi) is 4.70. The molecule has 2 amide bonds. The summed E-state index contributed by atoms with van der Waals surface area (Å²) < 4.78 is 0. The van der Waals surface area contributed by atoms with Gasteiger partial charge in [0.05, 0.1) is 10.9 Å². The summed E-state index contributed by atoms with van der Waals surface area (Å²) in [5, 5.41) is 20.8. The molecule has 1 atom stereocenters. The first-order valence-corrected chi connectivity index (χ1v) is 9.16. The number of halogens is 1.